The minimum Gasteiger partial charge on any atom is -0.497 e. The SMILES string of the molecule is COc1cccc(-c2ccc(SCc3ccc(C(F)(F)F)cc3)nn2)c1. The highest BCUT2D eigenvalue weighted by Gasteiger charge is 2.29. The third-order valence-corrected chi connectivity index (χ3v) is 4.66. The van der Waals surface area contributed by atoms with Crippen LogP contribution in [0.25, 0.3) is 11.3 Å². The van der Waals surface area contributed by atoms with Crippen LogP contribution in [0.3, 0.4) is 0 Å². The summed E-state index contributed by atoms with van der Waals surface area (Å²) < 4.78 is 42.9. The largest absolute Gasteiger partial charge is 0.497 e. The standard InChI is InChI=1S/C19H15F3N2OS/c1-25-16-4-2-3-14(11-16)17-9-10-18(24-23-17)26-12-13-5-7-15(8-6-13)19(20,21)22/h2-11H,12H2,1H3. The Morgan fingerprint density at radius 2 is 1.73 bits per heavy atom. The summed E-state index contributed by atoms with van der Waals surface area (Å²) in [6, 6.07) is 16.4. The van der Waals surface area contributed by atoms with Crippen LogP contribution in [-0.4, -0.2) is 17.3 Å². The van der Waals surface area contributed by atoms with Gasteiger partial charge in [0.25, 0.3) is 0 Å². The molecule has 1 heterocycles. The molecule has 134 valence electrons. The molecule has 0 atom stereocenters. The average molecular weight is 376 g/mol. The lowest BCUT2D eigenvalue weighted by atomic mass is 10.1. The Morgan fingerprint density at radius 3 is 2.35 bits per heavy atom. The second-order valence-corrected chi connectivity index (χ2v) is 6.47. The Hall–Kier alpha value is -2.54. The number of benzene rings is 2. The van der Waals surface area contributed by atoms with Crippen molar-refractivity contribution in [2.24, 2.45) is 0 Å². The Bertz CT molecular complexity index is 865. The van der Waals surface area contributed by atoms with Gasteiger partial charge in [0.1, 0.15) is 10.8 Å². The molecule has 0 spiro atoms. The second kappa shape index (κ2) is 7.78. The van der Waals surface area contributed by atoms with E-state index in [2.05, 4.69) is 10.2 Å². The molecule has 1 aromatic heterocycles. The molecular weight excluding hydrogens is 361 g/mol. The summed E-state index contributed by atoms with van der Waals surface area (Å²) in [5.74, 6) is 1.26. The van der Waals surface area contributed by atoms with Crippen molar-refractivity contribution >= 4 is 11.8 Å². The molecule has 0 unspecified atom stereocenters. The number of rotatable bonds is 5. The van der Waals surface area contributed by atoms with E-state index >= 15 is 0 Å². The van der Waals surface area contributed by atoms with Crippen LogP contribution < -0.4 is 4.74 Å². The Kier molecular flexibility index (Phi) is 5.46. The van der Waals surface area contributed by atoms with Gasteiger partial charge in [-0.3, -0.25) is 0 Å². The molecule has 0 saturated carbocycles. The number of halogens is 3. The number of nitrogens with zero attached hydrogens (tertiary/aromatic N) is 2. The van der Waals surface area contributed by atoms with Gasteiger partial charge in [0.05, 0.1) is 18.4 Å². The fourth-order valence-corrected chi connectivity index (χ4v) is 3.05. The zero-order valence-corrected chi connectivity index (χ0v) is 14.6. The molecule has 0 amide bonds. The molecule has 2 aromatic carbocycles. The smallest absolute Gasteiger partial charge is 0.416 e. The number of aromatic nitrogens is 2. The highest BCUT2D eigenvalue weighted by molar-refractivity contribution is 7.98. The van der Waals surface area contributed by atoms with Crippen LogP contribution in [0, 0.1) is 0 Å². The summed E-state index contributed by atoms with van der Waals surface area (Å²) in [7, 11) is 1.60. The lowest BCUT2D eigenvalue weighted by Crippen LogP contribution is -2.04. The molecule has 0 radical (unpaired) electrons. The molecule has 3 rings (SSSR count). The maximum Gasteiger partial charge on any atom is 0.416 e. The summed E-state index contributed by atoms with van der Waals surface area (Å²) in [6.07, 6.45) is -4.31. The zero-order chi connectivity index (χ0) is 18.6. The maximum absolute atomic E-state index is 12.6. The highest BCUT2D eigenvalue weighted by atomic mass is 32.2. The first-order valence-corrected chi connectivity index (χ1v) is 8.71. The molecule has 0 aliphatic rings. The maximum atomic E-state index is 12.6. The van der Waals surface area contributed by atoms with Gasteiger partial charge in [-0.25, -0.2) is 0 Å². The molecule has 0 fully saturated rings. The predicted molar refractivity (Wildman–Crippen MR) is 95.0 cm³/mol. The van der Waals surface area contributed by atoms with Crippen molar-refractivity contribution in [1.82, 2.24) is 10.2 Å². The number of thioether (sulfide) groups is 1. The third-order valence-electron chi connectivity index (χ3n) is 3.67. The Labute approximate surface area is 153 Å². The van der Waals surface area contributed by atoms with Gasteiger partial charge in [-0.1, -0.05) is 36.0 Å². The Morgan fingerprint density at radius 1 is 0.962 bits per heavy atom. The fraction of sp³-hybridized carbons (Fsp3) is 0.158. The summed E-state index contributed by atoms with van der Waals surface area (Å²) in [6.45, 7) is 0. The molecule has 26 heavy (non-hydrogen) atoms. The number of alkyl halides is 3. The lowest BCUT2D eigenvalue weighted by molar-refractivity contribution is -0.137. The average Bonchev–Trinajstić information content (AvgIpc) is 2.66. The van der Waals surface area contributed by atoms with E-state index in [9.17, 15) is 13.2 Å². The van der Waals surface area contributed by atoms with E-state index in [-0.39, 0.29) is 0 Å². The molecule has 0 N–H and O–H groups in total. The summed E-state index contributed by atoms with van der Waals surface area (Å²) in [4.78, 5) is 0. The highest BCUT2D eigenvalue weighted by Crippen LogP contribution is 2.30. The Balaban J connectivity index is 1.64. The van der Waals surface area contributed by atoms with Crippen molar-refractivity contribution < 1.29 is 17.9 Å². The van der Waals surface area contributed by atoms with Gasteiger partial charge in [0, 0.05) is 11.3 Å². The van der Waals surface area contributed by atoms with Crippen molar-refractivity contribution in [3.8, 4) is 17.0 Å². The van der Waals surface area contributed by atoms with Gasteiger partial charge in [-0.05, 0) is 42.0 Å². The first-order valence-electron chi connectivity index (χ1n) is 7.73. The number of hydrogen-bond acceptors (Lipinski definition) is 4. The zero-order valence-electron chi connectivity index (χ0n) is 13.8. The molecule has 0 bridgehead atoms. The van der Waals surface area contributed by atoms with Crippen molar-refractivity contribution in [3.63, 3.8) is 0 Å². The van der Waals surface area contributed by atoms with E-state index < -0.39 is 11.7 Å². The minimum atomic E-state index is -4.31. The van der Waals surface area contributed by atoms with Gasteiger partial charge < -0.3 is 4.74 Å². The monoisotopic (exact) mass is 376 g/mol. The minimum absolute atomic E-state index is 0.519. The summed E-state index contributed by atoms with van der Waals surface area (Å²) in [5, 5.41) is 9.09. The van der Waals surface area contributed by atoms with Gasteiger partial charge in [0.15, 0.2) is 0 Å². The van der Waals surface area contributed by atoms with Crippen LogP contribution in [0.5, 0.6) is 5.75 Å². The van der Waals surface area contributed by atoms with Crippen molar-refractivity contribution in [1.29, 1.82) is 0 Å². The quantitative estimate of drug-likeness (QED) is 0.554. The van der Waals surface area contributed by atoms with Gasteiger partial charge in [0.2, 0.25) is 0 Å². The third kappa shape index (κ3) is 4.54. The van der Waals surface area contributed by atoms with Crippen LogP contribution in [0.1, 0.15) is 11.1 Å². The van der Waals surface area contributed by atoms with Crippen LogP contribution >= 0.6 is 11.8 Å². The fourth-order valence-electron chi connectivity index (χ4n) is 2.28. The van der Waals surface area contributed by atoms with Gasteiger partial charge in [-0.15, -0.1) is 10.2 Å². The van der Waals surface area contributed by atoms with E-state index in [1.54, 1.807) is 7.11 Å². The normalized spacial score (nSPS) is 11.4. The lowest BCUT2D eigenvalue weighted by Gasteiger charge is -2.07. The van der Waals surface area contributed by atoms with E-state index in [0.29, 0.717) is 10.8 Å². The predicted octanol–water partition coefficient (Wildman–Crippen LogP) is 5.46. The molecule has 0 aliphatic heterocycles. The van der Waals surface area contributed by atoms with Crippen molar-refractivity contribution in [3.05, 3.63) is 71.8 Å². The molecule has 3 nitrogen and oxygen atoms in total. The van der Waals surface area contributed by atoms with Crippen LogP contribution in [-0.2, 0) is 11.9 Å². The van der Waals surface area contributed by atoms with E-state index in [1.807, 2.05) is 36.4 Å². The molecular formula is C19H15F3N2OS. The van der Waals surface area contributed by atoms with Crippen LogP contribution in [0.15, 0.2) is 65.7 Å². The first-order chi connectivity index (χ1) is 12.5. The van der Waals surface area contributed by atoms with E-state index in [0.717, 1.165) is 34.7 Å². The summed E-state index contributed by atoms with van der Waals surface area (Å²) >= 11 is 1.42. The van der Waals surface area contributed by atoms with E-state index in [1.165, 1.54) is 23.9 Å². The first kappa shape index (κ1) is 18.3. The topological polar surface area (TPSA) is 35.0 Å². The van der Waals surface area contributed by atoms with E-state index in [4.69, 9.17) is 4.74 Å². The second-order valence-electron chi connectivity index (χ2n) is 5.47. The van der Waals surface area contributed by atoms with Crippen molar-refractivity contribution in [2.45, 2.75) is 17.0 Å². The van der Waals surface area contributed by atoms with Crippen molar-refractivity contribution in [2.75, 3.05) is 7.11 Å². The molecule has 7 heteroatoms. The van der Waals surface area contributed by atoms with Gasteiger partial charge in [-0.2, -0.15) is 13.2 Å². The number of ether oxygens (including phenoxy) is 1. The number of methoxy groups -OCH3 is 1. The van der Waals surface area contributed by atoms with Gasteiger partial charge >= 0.3 is 6.18 Å². The summed E-state index contributed by atoms with van der Waals surface area (Å²) in [5.41, 5.74) is 1.77. The molecule has 0 aliphatic carbocycles. The van der Waals surface area contributed by atoms with Crippen LogP contribution in [0.4, 0.5) is 13.2 Å². The van der Waals surface area contributed by atoms with Crippen LogP contribution in [0.2, 0.25) is 0 Å². The molecule has 0 saturated heterocycles. The molecule has 3 aromatic rings. The number of hydrogen-bond donors (Lipinski definition) is 0.